The molecule has 0 aromatic heterocycles. The standard InChI is InChI=1S/C33H60O4/c1-4-6-8-10-12-14-16-18-20-22-24-26-30(29(3)32(34)35)28-31(33(36)37)27-25-23-21-19-17-15-13-11-9-7-5-2/h28,30H,3-27H2,1-2H3,(H,34,35)(H,36,37). The molecule has 0 bridgehead atoms. The van der Waals surface area contributed by atoms with Crippen molar-refractivity contribution in [2.45, 2.75) is 168 Å². The molecule has 216 valence electrons. The first-order valence-corrected chi connectivity index (χ1v) is 15.8. The van der Waals surface area contributed by atoms with Crippen molar-refractivity contribution >= 4 is 11.9 Å². The van der Waals surface area contributed by atoms with E-state index in [-0.39, 0.29) is 5.57 Å². The molecule has 0 rings (SSSR count). The number of allylic oxidation sites excluding steroid dienone is 1. The topological polar surface area (TPSA) is 74.6 Å². The molecule has 0 aromatic rings. The summed E-state index contributed by atoms with van der Waals surface area (Å²) in [6, 6.07) is 0. The Hall–Kier alpha value is -1.58. The number of aliphatic carboxylic acids is 2. The van der Waals surface area contributed by atoms with Gasteiger partial charge in [-0.3, -0.25) is 0 Å². The molecular formula is C33H60O4. The number of rotatable bonds is 28. The highest BCUT2D eigenvalue weighted by Crippen LogP contribution is 2.24. The Morgan fingerprint density at radius 1 is 0.568 bits per heavy atom. The van der Waals surface area contributed by atoms with Crippen molar-refractivity contribution in [3.8, 4) is 0 Å². The summed E-state index contributed by atoms with van der Waals surface area (Å²) in [6.07, 6.45) is 30.0. The quantitative estimate of drug-likeness (QED) is 0.0794. The van der Waals surface area contributed by atoms with Crippen molar-refractivity contribution < 1.29 is 19.8 Å². The summed E-state index contributed by atoms with van der Waals surface area (Å²) in [6.45, 7) is 8.25. The van der Waals surface area contributed by atoms with E-state index in [2.05, 4.69) is 20.4 Å². The fourth-order valence-corrected chi connectivity index (χ4v) is 5.03. The van der Waals surface area contributed by atoms with Gasteiger partial charge in [0.15, 0.2) is 0 Å². The smallest absolute Gasteiger partial charge is 0.331 e. The molecule has 0 aliphatic heterocycles. The van der Waals surface area contributed by atoms with Crippen LogP contribution < -0.4 is 0 Å². The molecule has 37 heavy (non-hydrogen) atoms. The molecule has 0 aliphatic rings. The second-order valence-electron chi connectivity index (χ2n) is 11.0. The molecule has 1 unspecified atom stereocenters. The third kappa shape index (κ3) is 22.1. The normalized spacial score (nSPS) is 12.5. The Morgan fingerprint density at radius 2 is 0.919 bits per heavy atom. The summed E-state index contributed by atoms with van der Waals surface area (Å²) in [4.78, 5) is 23.4. The number of carboxylic acids is 2. The van der Waals surface area contributed by atoms with E-state index in [0.717, 1.165) is 38.5 Å². The molecule has 1 atom stereocenters. The van der Waals surface area contributed by atoms with Gasteiger partial charge in [0, 0.05) is 17.1 Å². The van der Waals surface area contributed by atoms with E-state index in [0.29, 0.717) is 18.4 Å². The van der Waals surface area contributed by atoms with Crippen LogP contribution in [-0.4, -0.2) is 22.2 Å². The van der Waals surface area contributed by atoms with E-state index in [4.69, 9.17) is 0 Å². The minimum Gasteiger partial charge on any atom is -0.478 e. The van der Waals surface area contributed by atoms with Gasteiger partial charge in [-0.15, -0.1) is 0 Å². The second kappa shape index (κ2) is 26.0. The second-order valence-corrected chi connectivity index (χ2v) is 11.0. The van der Waals surface area contributed by atoms with Crippen LogP contribution in [0.15, 0.2) is 23.8 Å². The number of carbonyl (C=O) groups is 2. The zero-order chi connectivity index (χ0) is 27.6. The van der Waals surface area contributed by atoms with Gasteiger partial charge in [-0.1, -0.05) is 161 Å². The third-order valence-corrected chi connectivity index (χ3v) is 7.57. The molecule has 0 heterocycles. The van der Waals surface area contributed by atoms with Gasteiger partial charge >= 0.3 is 11.9 Å². The molecule has 0 saturated carbocycles. The van der Waals surface area contributed by atoms with Crippen molar-refractivity contribution in [1.82, 2.24) is 0 Å². The minimum atomic E-state index is -1.02. The van der Waals surface area contributed by atoms with Crippen LogP contribution in [-0.2, 0) is 9.59 Å². The van der Waals surface area contributed by atoms with Crippen molar-refractivity contribution in [2.24, 2.45) is 5.92 Å². The summed E-state index contributed by atoms with van der Waals surface area (Å²) in [5, 5.41) is 19.2. The lowest BCUT2D eigenvalue weighted by atomic mass is 9.90. The number of carboxylic acid groups (broad SMARTS) is 2. The predicted octanol–water partition coefficient (Wildman–Crippen LogP) is 10.7. The Kier molecular flexibility index (Phi) is 24.9. The summed E-state index contributed by atoms with van der Waals surface area (Å²) in [5.74, 6) is -2.34. The minimum absolute atomic E-state index is 0.116. The van der Waals surface area contributed by atoms with Gasteiger partial charge in [0.05, 0.1) is 0 Å². The first-order valence-electron chi connectivity index (χ1n) is 15.8. The Morgan fingerprint density at radius 3 is 1.27 bits per heavy atom. The van der Waals surface area contributed by atoms with E-state index in [1.807, 2.05) is 0 Å². The molecule has 4 heteroatoms. The molecule has 2 N–H and O–H groups in total. The fraction of sp³-hybridized carbons (Fsp3) is 0.818. The third-order valence-electron chi connectivity index (χ3n) is 7.57. The van der Waals surface area contributed by atoms with Crippen LogP contribution >= 0.6 is 0 Å². The highest BCUT2D eigenvalue weighted by molar-refractivity contribution is 5.89. The molecule has 0 radical (unpaired) electrons. The lowest BCUT2D eigenvalue weighted by Gasteiger charge is -2.15. The van der Waals surface area contributed by atoms with Gasteiger partial charge in [0.25, 0.3) is 0 Å². The van der Waals surface area contributed by atoms with Gasteiger partial charge in [0.2, 0.25) is 0 Å². The maximum Gasteiger partial charge on any atom is 0.331 e. The van der Waals surface area contributed by atoms with Gasteiger partial charge in [-0.25, -0.2) is 9.59 Å². The van der Waals surface area contributed by atoms with Gasteiger partial charge < -0.3 is 10.2 Å². The van der Waals surface area contributed by atoms with Crippen molar-refractivity contribution in [1.29, 1.82) is 0 Å². The monoisotopic (exact) mass is 520 g/mol. The molecule has 0 saturated heterocycles. The molecule has 4 nitrogen and oxygen atoms in total. The van der Waals surface area contributed by atoms with Gasteiger partial charge in [-0.05, 0) is 19.3 Å². The van der Waals surface area contributed by atoms with Crippen molar-refractivity contribution in [2.75, 3.05) is 0 Å². The van der Waals surface area contributed by atoms with Crippen LogP contribution in [0, 0.1) is 5.92 Å². The molecule has 0 spiro atoms. The Labute approximate surface area is 229 Å². The Balaban J connectivity index is 4.29. The molecule has 0 fully saturated rings. The predicted molar refractivity (Wildman–Crippen MR) is 158 cm³/mol. The van der Waals surface area contributed by atoms with Crippen LogP contribution in [0.25, 0.3) is 0 Å². The number of hydrogen-bond donors (Lipinski definition) is 2. The maximum atomic E-state index is 11.9. The van der Waals surface area contributed by atoms with Gasteiger partial charge in [-0.2, -0.15) is 0 Å². The van der Waals surface area contributed by atoms with Crippen LogP contribution in [0.1, 0.15) is 168 Å². The zero-order valence-electron chi connectivity index (χ0n) is 24.5. The molecular weight excluding hydrogens is 460 g/mol. The van der Waals surface area contributed by atoms with E-state index in [9.17, 15) is 19.8 Å². The van der Waals surface area contributed by atoms with Crippen LogP contribution in [0.5, 0.6) is 0 Å². The van der Waals surface area contributed by atoms with Crippen LogP contribution in [0.2, 0.25) is 0 Å². The van der Waals surface area contributed by atoms with E-state index in [1.165, 1.54) is 103 Å². The summed E-state index contributed by atoms with van der Waals surface area (Å²) in [5.41, 5.74) is 0.469. The van der Waals surface area contributed by atoms with E-state index in [1.54, 1.807) is 6.08 Å². The number of hydrogen-bond acceptors (Lipinski definition) is 2. The van der Waals surface area contributed by atoms with Gasteiger partial charge in [0.1, 0.15) is 0 Å². The van der Waals surface area contributed by atoms with E-state index < -0.39 is 17.9 Å². The first-order chi connectivity index (χ1) is 17.9. The molecule has 0 aromatic carbocycles. The van der Waals surface area contributed by atoms with Crippen molar-refractivity contribution in [3.05, 3.63) is 23.8 Å². The fourth-order valence-electron chi connectivity index (χ4n) is 5.03. The van der Waals surface area contributed by atoms with E-state index >= 15 is 0 Å². The first kappa shape index (κ1) is 35.4. The molecule has 0 aliphatic carbocycles. The lowest BCUT2D eigenvalue weighted by molar-refractivity contribution is -0.134. The number of unbranched alkanes of at least 4 members (excludes halogenated alkanes) is 20. The summed E-state index contributed by atoms with van der Waals surface area (Å²) < 4.78 is 0. The SMILES string of the molecule is C=C(C(=O)O)C(C=C(CCCCCCCCCCCCC)C(=O)O)CCCCCCCCCCCCC. The summed E-state index contributed by atoms with van der Waals surface area (Å²) in [7, 11) is 0. The zero-order valence-corrected chi connectivity index (χ0v) is 24.5. The highest BCUT2D eigenvalue weighted by atomic mass is 16.4. The summed E-state index contributed by atoms with van der Waals surface area (Å²) >= 11 is 0. The lowest BCUT2D eigenvalue weighted by Crippen LogP contribution is -2.12. The highest BCUT2D eigenvalue weighted by Gasteiger charge is 2.19. The molecule has 0 amide bonds. The van der Waals surface area contributed by atoms with Crippen molar-refractivity contribution in [3.63, 3.8) is 0 Å². The maximum absolute atomic E-state index is 11.9. The average molecular weight is 521 g/mol. The Bertz CT molecular complexity index is 607. The van der Waals surface area contributed by atoms with Crippen LogP contribution in [0.4, 0.5) is 0 Å². The van der Waals surface area contributed by atoms with Crippen LogP contribution in [0.3, 0.4) is 0 Å². The average Bonchev–Trinajstić information content (AvgIpc) is 2.87. The largest absolute Gasteiger partial charge is 0.478 e.